The Morgan fingerprint density at radius 2 is 1.93 bits per heavy atom. The second-order valence-electron chi connectivity index (χ2n) is 6.87. The lowest BCUT2D eigenvalue weighted by atomic mass is 10.1. The normalized spacial score (nSPS) is 16.8. The second-order valence-corrected chi connectivity index (χ2v) is 7.31. The van der Waals surface area contributed by atoms with Crippen LogP contribution in [0.5, 0.6) is 0 Å². The number of nitrogens with zero attached hydrogens (tertiary/aromatic N) is 2. The number of carbonyl (C=O) groups excluding carboxylic acids is 2. The molecule has 0 bridgehead atoms. The first-order valence-electron chi connectivity index (χ1n) is 9.22. The Labute approximate surface area is 168 Å². The van der Waals surface area contributed by atoms with E-state index in [2.05, 4.69) is 29.8 Å². The number of benzene rings is 2. The van der Waals surface area contributed by atoms with Gasteiger partial charge in [0.05, 0.1) is 5.69 Å². The van der Waals surface area contributed by atoms with Crippen LogP contribution in [0.3, 0.4) is 0 Å². The van der Waals surface area contributed by atoms with E-state index >= 15 is 0 Å². The fraction of sp³-hybridized carbons (Fsp3) is 0.182. The Morgan fingerprint density at radius 1 is 1.14 bits per heavy atom. The number of fused-ring (bicyclic) bond motifs is 1. The number of anilines is 1. The van der Waals surface area contributed by atoms with Crippen molar-refractivity contribution in [2.75, 3.05) is 4.90 Å². The van der Waals surface area contributed by atoms with Gasteiger partial charge in [-0.15, -0.1) is 0 Å². The van der Waals surface area contributed by atoms with Gasteiger partial charge in [0.1, 0.15) is 5.70 Å². The van der Waals surface area contributed by atoms with Crippen LogP contribution in [0.2, 0.25) is 5.02 Å². The van der Waals surface area contributed by atoms with E-state index in [0.717, 1.165) is 27.8 Å². The maximum atomic E-state index is 12.9. The van der Waals surface area contributed by atoms with E-state index in [1.807, 2.05) is 24.4 Å². The monoisotopic (exact) mass is 393 g/mol. The second kappa shape index (κ2) is 7.17. The number of hydrogen-bond donors (Lipinski definition) is 1. The molecule has 0 saturated carbocycles. The molecular formula is C22H20ClN3O2. The average Bonchev–Trinajstić information content (AvgIpc) is 3.19. The molecular weight excluding hydrogens is 374 g/mol. The highest BCUT2D eigenvalue weighted by Gasteiger charge is 2.35. The minimum Gasteiger partial charge on any atom is -0.344 e. The molecule has 0 unspecified atom stereocenters. The number of aromatic nitrogens is 1. The third kappa shape index (κ3) is 3.08. The highest BCUT2D eigenvalue weighted by Crippen LogP contribution is 2.29. The fourth-order valence-corrected chi connectivity index (χ4v) is 3.63. The summed E-state index contributed by atoms with van der Waals surface area (Å²) in [5, 5.41) is 4.19. The molecule has 2 heterocycles. The molecule has 1 saturated heterocycles. The van der Waals surface area contributed by atoms with Crippen molar-refractivity contribution in [3.63, 3.8) is 0 Å². The smallest absolute Gasteiger partial charge is 0.333 e. The van der Waals surface area contributed by atoms with Crippen molar-refractivity contribution in [2.45, 2.75) is 26.3 Å². The third-order valence-electron chi connectivity index (χ3n) is 5.08. The van der Waals surface area contributed by atoms with Gasteiger partial charge in [-0.3, -0.25) is 4.79 Å². The van der Waals surface area contributed by atoms with E-state index in [1.165, 1.54) is 0 Å². The number of nitrogens with one attached hydrogen (secondary N) is 1. The summed E-state index contributed by atoms with van der Waals surface area (Å²) in [5.74, 6) is -0.396. The zero-order valence-electron chi connectivity index (χ0n) is 15.6. The largest absolute Gasteiger partial charge is 0.344 e. The average molecular weight is 394 g/mol. The SMILES string of the molecule is CC[C@@H](C)n1cc(/C=C2\NC(=O)N(c3cccc(Cl)c3)C2=O)c2ccccc21. The summed E-state index contributed by atoms with van der Waals surface area (Å²) in [7, 11) is 0. The van der Waals surface area contributed by atoms with Gasteiger partial charge in [0, 0.05) is 33.7 Å². The van der Waals surface area contributed by atoms with Crippen LogP contribution in [-0.4, -0.2) is 16.5 Å². The van der Waals surface area contributed by atoms with E-state index in [1.54, 1.807) is 30.3 Å². The van der Waals surface area contributed by atoms with Crippen molar-refractivity contribution < 1.29 is 9.59 Å². The van der Waals surface area contributed by atoms with Crippen LogP contribution in [0.25, 0.3) is 17.0 Å². The van der Waals surface area contributed by atoms with E-state index in [-0.39, 0.29) is 5.70 Å². The molecule has 3 amide bonds. The molecule has 6 heteroatoms. The Morgan fingerprint density at radius 3 is 2.68 bits per heavy atom. The maximum Gasteiger partial charge on any atom is 0.333 e. The van der Waals surface area contributed by atoms with Gasteiger partial charge in [0.15, 0.2) is 0 Å². The highest BCUT2D eigenvalue weighted by atomic mass is 35.5. The summed E-state index contributed by atoms with van der Waals surface area (Å²) in [5.41, 5.74) is 2.69. The molecule has 2 aromatic carbocycles. The van der Waals surface area contributed by atoms with E-state index in [9.17, 15) is 9.59 Å². The number of halogens is 1. The first-order chi connectivity index (χ1) is 13.5. The zero-order valence-corrected chi connectivity index (χ0v) is 16.4. The maximum absolute atomic E-state index is 12.9. The standard InChI is InChI=1S/C22H20ClN3O2/c1-3-14(2)25-13-15(18-9-4-5-10-20(18)25)11-19-21(27)26(22(28)24-19)17-8-6-7-16(23)12-17/h4-14H,3H2,1-2H3,(H,24,28)/b19-11-/t14-/m1/s1. The summed E-state index contributed by atoms with van der Waals surface area (Å²) < 4.78 is 2.21. The minimum atomic E-state index is -0.482. The molecule has 142 valence electrons. The third-order valence-corrected chi connectivity index (χ3v) is 5.32. The van der Waals surface area contributed by atoms with Gasteiger partial charge < -0.3 is 9.88 Å². The van der Waals surface area contributed by atoms with E-state index in [0.29, 0.717) is 16.8 Å². The summed E-state index contributed by atoms with van der Waals surface area (Å²) in [6.07, 6.45) is 4.77. The Kier molecular flexibility index (Phi) is 4.69. The number of amides is 3. The molecule has 1 fully saturated rings. The van der Waals surface area contributed by atoms with Crippen LogP contribution in [0.4, 0.5) is 10.5 Å². The first-order valence-corrected chi connectivity index (χ1v) is 9.59. The minimum absolute atomic E-state index is 0.247. The molecule has 0 radical (unpaired) electrons. The van der Waals surface area contributed by atoms with Crippen molar-refractivity contribution >= 4 is 46.2 Å². The van der Waals surface area contributed by atoms with Crippen molar-refractivity contribution in [1.82, 2.24) is 9.88 Å². The van der Waals surface area contributed by atoms with Crippen LogP contribution in [0.15, 0.2) is 60.4 Å². The van der Waals surface area contributed by atoms with Crippen molar-refractivity contribution in [1.29, 1.82) is 0 Å². The Balaban J connectivity index is 1.76. The molecule has 4 rings (SSSR count). The van der Waals surface area contributed by atoms with Crippen LogP contribution in [-0.2, 0) is 4.79 Å². The molecule has 0 aliphatic carbocycles. The molecule has 1 aliphatic heterocycles. The quantitative estimate of drug-likeness (QED) is 0.479. The predicted molar refractivity (Wildman–Crippen MR) is 112 cm³/mol. The highest BCUT2D eigenvalue weighted by molar-refractivity contribution is 6.32. The van der Waals surface area contributed by atoms with Crippen LogP contribution < -0.4 is 10.2 Å². The van der Waals surface area contributed by atoms with Gasteiger partial charge in [0.25, 0.3) is 5.91 Å². The number of imide groups is 1. The Hall–Kier alpha value is -3.05. The summed E-state index contributed by atoms with van der Waals surface area (Å²) >= 11 is 6.01. The predicted octanol–water partition coefficient (Wildman–Crippen LogP) is 5.36. The van der Waals surface area contributed by atoms with Crippen molar-refractivity contribution in [3.05, 3.63) is 71.0 Å². The molecule has 1 N–H and O–H groups in total. The topological polar surface area (TPSA) is 54.3 Å². The lowest BCUT2D eigenvalue weighted by Gasteiger charge is -2.12. The van der Waals surface area contributed by atoms with Crippen molar-refractivity contribution in [3.8, 4) is 0 Å². The summed E-state index contributed by atoms with van der Waals surface area (Å²) in [6, 6.07) is 14.6. The van der Waals surface area contributed by atoms with Crippen LogP contribution in [0, 0.1) is 0 Å². The number of para-hydroxylation sites is 1. The van der Waals surface area contributed by atoms with Gasteiger partial charge in [0.2, 0.25) is 0 Å². The van der Waals surface area contributed by atoms with Gasteiger partial charge in [-0.1, -0.05) is 42.8 Å². The molecule has 5 nitrogen and oxygen atoms in total. The zero-order chi connectivity index (χ0) is 19.8. The molecule has 0 spiro atoms. The number of urea groups is 1. The van der Waals surface area contributed by atoms with E-state index < -0.39 is 11.9 Å². The molecule has 1 aliphatic rings. The van der Waals surface area contributed by atoms with E-state index in [4.69, 9.17) is 11.6 Å². The Bertz CT molecular complexity index is 1120. The van der Waals surface area contributed by atoms with Crippen LogP contribution >= 0.6 is 11.6 Å². The van der Waals surface area contributed by atoms with Crippen molar-refractivity contribution in [2.24, 2.45) is 0 Å². The van der Waals surface area contributed by atoms with Crippen LogP contribution in [0.1, 0.15) is 31.9 Å². The summed E-state index contributed by atoms with van der Waals surface area (Å²) in [4.78, 5) is 26.4. The van der Waals surface area contributed by atoms with Gasteiger partial charge >= 0.3 is 6.03 Å². The number of carbonyl (C=O) groups is 2. The molecule has 1 atom stereocenters. The lowest BCUT2D eigenvalue weighted by Crippen LogP contribution is -2.30. The fourth-order valence-electron chi connectivity index (χ4n) is 3.45. The lowest BCUT2D eigenvalue weighted by molar-refractivity contribution is -0.113. The molecule has 28 heavy (non-hydrogen) atoms. The molecule has 1 aromatic heterocycles. The number of hydrogen-bond acceptors (Lipinski definition) is 2. The first kappa shape index (κ1) is 18.3. The van der Waals surface area contributed by atoms with Gasteiger partial charge in [-0.2, -0.15) is 0 Å². The number of rotatable bonds is 4. The molecule has 3 aromatic rings. The van der Waals surface area contributed by atoms with Gasteiger partial charge in [-0.05, 0) is 43.7 Å². The summed E-state index contributed by atoms with van der Waals surface area (Å²) in [6.45, 7) is 4.30. The van der Waals surface area contributed by atoms with Gasteiger partial charge in [-0.25, -0.2) is 9.69 Å².